The van der Waals surface area contributed by atoms with Crippen molar-refractivity contribution in [1.82, 2.24) is 9.88 Å². The number of rotatable bonds is 4. The van der Waals surface area contributed by atoms with Gasteiger partial charge in [-0.15, -0.1) is 0 Å². The lowest BCUT2D eigenvalue weighted by Crippen LogP contribution is -2.50. The maximum Gasteiger partial charge on any atom is 0.225 e. The predicted octanol–water partition coefficient (Wildman–Crippen LogP) is 1.48. The first kappa shape index (κ1) is 15.8. The number of carbonyl (C=O) groups is 1. The number of nitrogens with zero attached hydrogens (tertiary/aromatic N) is 3. The number of anilines is 1. The zero-order valence-electron chi connectivity index (χ0n) is 13.2. The second-order valence-electron chi connectivity index (χ2n) is 6.07. The van der Waals surface area contributed by atoms with Crippen LogP contribution in [-0.2, 0) is 11.3 Å². The van der Waals surface area contributed by atoms with E-state index in [9.17, 15) is 4.79 Å². The van der Waals surface area contributed by atoms with Crippen LogP contribution in [0.3, 0.4) is 0 Å². The van der Waals surface area contributed by atoms with E-state index in [0.29, 0.717) is 12.5 Å². The average molecular weight is 290 g/mol. The molecule has 1 atom stereocenters. The highest BCUT2D eigenvalue weighted by molar-refractivity contribution is 5.79. The molecule has 2 N–H and O–H groups in total. The molecule has 21 heavy (non-hydrogen) atoms. The maximum atomic E-state index is 12.3. The number of piperazine rings is 1. The highest BCUT2D eigenvalue weighted by Gasteiger charge is 2.26. The van der Waals surface area contributed by atoms with E-state index >= 15 is 0 Å². The lowest BCUT2D eigenvalue weighted by Gasteiger charge is -2.37. The molecule has 1 unspecified atom stereocenters. The number of carbonyl (C=O) groups excluding carboxylic acids is 1. The number of hydrogen-bond acceptors (Lipinski definition) is 4. The summed E-state index contributed by atoms with van der Waals surface area (Å²) in [6.07, 6.45) is 1.83. The molecule has 0 spiro atoms. The van der Waals surface area contributed by atoms with E-state index < -0.39 is 0 Å². The first-order chi connectivity index (χ1) is 10.0. The molecule has 0 bridgehead atoms. The van der Waals surface area contributed by atoms with Gasteiger partial charge >= 0.3 is 0 Å². The van der Waals surface area contributed by atoms with Crippen LogP contribution in [0.25, 0.3) is 0 Å². The van der Waals surface area contributed by atoms with E-state index in [1.165, 1.54) is 0 Å². The summed E-state index contributed by atoms with van der Waals surface area (Å²) < 4.78 is 0. The van der Waals surface area contributed by atoms with Crippen molar-refractivity contribution in [2.24, 2.45) is 17.6 Å². The molecule has 116 valence electrons. The first-order valence-electron chi connectivity index (χ1n) is 7.71. The van der Waals surface area contributed by atoms with Gasteiger partial charge < -0.3 is 15.5 Å². The van der Waals surface area contributed by atoms with Crippen molar-refractivity contribution < 1.29 is 4.79 Å². The highest BCUT2D eigenvalue weighted by atomic mass is 16.2. The maximum absolute atomic E-state index is 12.3. The van der Waals surface area contributed by atoms with Crippen LogP contribution in [0.4, 0.5) is 5.82 Å². The van der Waals surface area contributed by atoms with Crippen molar-refractivity contribution in [3.63, 3.8) is 0 Å². The minimum Gasteiger partial charge on any atom is -0.353 e. The molecule has 1 aliphatic heterocycles. The second-order valence-corrected chi connectivity index (χ2v) is 6.07. The lowest BCUT2D eigenvalue weighted by molar-refractivity contribution is -0.136. The van der Waals surface area contributed by atoms with E-state index in [0.717, 1.165) is 37.6 Å². The van der Waals surface area contributed by atoms with E-state index in [4.69, 9.17) is 5.73 Å². The van der Waals surface area contributed by atoms with Crippen molar-refractivity contribution in [1.29, 1.82) is 0 Å². The number of amides is 1. The largest absolute Gasteiger partial charge is 0.353 e. The topological polar surface area (TPSA) is 62.5 Å². The quantitative estimate of drug-likeness (QED) is 0.912. The zero-order valence-corrected chi connectivity index (χ0v) is 13.2. The van der Waals surface area contributed by atoms with Crippen LogP contribution in [0.5, 0.6) is 0 Å². The molecule has 5 heteroatoms. The number of pyridine rings is 1. The number of hydrogen-bond donors (Lipinski definition) is 1. The fourth-order valence-electron chi connectivity index (χ4n) is 2.45. The molecule has 1 saturated heterocycles. The number of nitrogens with two attached hydrogens (primary N) is 1. The van der Waals surface area contributed by atoms with E-state index in [1.54, 1.807) is 0 Å². The Bertz CT molecular complexity index is 464. The highest BCUT2D eigenvalue weighted by Crippen LogP contribution is 2.18. The van der Waals surface area contributed by atoms with E-state index in [-0.39, 0.29) is 11.8 Å². The summed E-state index contributed by atoms with van der Waals surface area (Å²) in [7, 11) is 0. The fourth-order valence-corrected chi connectivity index (χ4v) is 2.45. The Morgan fingerprint density at radius 1 is 1.24 bits per heavy atom. The van der Waals surface area contributed by atoms with Gasteiger partial charge in [0.05, 0.1) is 0 Å². The summed E-state index contributed by atoms with van der Waals surface area (Å²) in [6, 6.07) is 4.02. The Balaban J connectivity index is 1.92. The fraction of sp³-hybridized carbons (Fsp3) is 0.625. The minimum absolute atomic E-state index is 0.0958. The van der Waals surface area contributed by atoms with Crippen molar-refractivity contribution in [2.75, 3.05) is 31.1 Å². The Kier molecular flexibility index (Phi) is 5.17. The third-order valence-electron chi connectivity index (χ3n) is 4.35. The predicted molar refractivity (Wildman–Crippen MR) is 84.9 cm³/mol. The van der Waals surface area contributed by atoms with Crippen molar-refractivity contribution in [2.45, 2.75) is 27.3 Å². The van der Waals surface area contributed by atoms with Crippen molar-refractivity contribution in [3.05, 3.63) is 23.9 Å². The Morgan fingerprint density at radius 3 is 2.38 bits per heavy atom. The van der Waals surface area contributed by atoms with Gasteiger partial charge in [0.2, 0.25) is 5.91 Å². The smallest absolute Gasteiger partial charge is 0.225 e. The van der Waals surface area contributed by atoms with Crippen LogP contribution in [0, 0.1) is 11.8 Å². The van der Waals surface area contributed by atoms with Crippen molar-refractivity contribution >= 4 is 11.7 Å². The Hall–Kier alpha value is -1.62. The Labute approximate surface area is 127 Å². The van der Waals surface area contributed by atoms with Gasteiger partial charge in [-0.25, -0.2) is 4.98 Å². The normalized spacial score (nSPS) is 17.2. The summed E-state index contributed by atoms with van der Waals surface area (Å²) in [5.41, 5.74) is 6.62. The molecule has 2 heterocycles. The number of aromatic nitrogens is 1. The molecule has 1 fully saturated rings. The van der Waals surface area contributed by atoms with Gasteiger partial charge in [-0.1, -0.05) is 26.8 Å². The van der Waals surface area contributed by atoms with Gasteiger partial charge in [0, 0.05) is 44.8 Å². The summed E-state index contributed by atoms with van der Waals surface area (Å²) in [6.45, 7) is 9.96. The summed E-state index contributed by atoms with van der Waals surface area (Å²) in [5, 5.41) is 0. The molecule has 0 aromatic carbocycles. The standard InChI is InChI=1S/C16H26N4O/c1-12(2)13(3)16(21)20-8-6-19(7-9-20)15-5-4-14(10-17)11-18-15/h4-5,11-13H,6-10,17H2,1-3H3. The second kappa shape index (κ2) is 6.89. The summed E-state index contributed by atoms with van der Waals surface area (Å²) >= 11 is 0. The van der Waals surface area contributed by atoms with E-state index in [2.05, 4.69) is 23.7 Å². The van der Waals surface area contributed by atoms with Crippen LogP contribution in [0.2, 0.25) is 0 Å². The van der Waals surface area contributed by atoms with Crippen LogP contribution < -0.4 is 10.6 Å². The van der Waals surface area contributed by atoms with Gasteiger partial charge in [-0.3, -0.25) is 4.79 Å². The molecule has 5 nitrogen and oxygen atoms in total. The van der Waals surface area contributed by atoms with Crippen LogP contribution >= 0.6 is 0 Å². The van der Waals surface area contributed by atoms with Crippen LogP contribution in [0.15, 0.2) is 18.3 Å². The monoisotopic (exact) mass is 290 g/mol. The van der Waals surface area contributed by atoms with E-state index in [1.807, 2.05) is 30.2 Å². The zero-order chi connectivity index (χ0) is 15.4. The molecular formula is C16H26N4O. The molecule has 0 aliphatic carbocycles. The van der Waals surface area contributed by atoms with Gasteiger partial charge in [0.25, 0.3) is 0 Å². The molecular weight excluding hydrogens is 264 g/mol. The summed E-state index contributed by atoms with van der Waals surface area (Å²) in [5.74, 6) is 1.73. The average Bonchev–Trinajstić information content (AvgIpc) is 2.53. The molecule has 0 radical (unpaired) electrons. The molecule has 1 aromatic heterocycles. The van der Waals surface area contributed by atoms with Gasteiger partial charge in [0.15, 0.2) is 0 Å². The third kappa shape index (κ3) is 3.73. The molecule has 1 aromatic rings. The molecule has 1 aliphatic rings. The first-order valence-corrected chi connectivity index (χ1v) is 7.71. The summed E-state index contributed by atoms with van der Waals surface area (Å²) in [4.78, 5) is 21.0. The molecule has 2 rings (SSSR count). The van der Waals surface area contributed by atoms with Crippen LogP contribution in [-0.4, -0.2) is 42.0 Å². The molecule has 0 saturated carbocycles. The molecule has 1 amide bonds. The Morgan fingerprint density at radius 2 is 1.90 bits per heavy atom. The van der Waals surface area contributed by atoms with Gasteiger partial charge in [-0.2, -0.15) is 0 Å². The lowest BCUT2D eigenvalue weighted by atomic mass is 9.96. The van der Waals surface area contributed by atoms with Crippen molar-refractivity contribution in [3.8, 4) is 0 Å². The SMILES string of the molecule is CC(C)C(C)C(=O)N1CCN(c2ccc(CN)cn2)CC1. The third-order valence-corrected chi connectivity index (χ3v) is 4.35. The van der Waals surface area contributed by atoms with Crippen LogP contribution in [0.1, 0.15) is 26.3 Å². The minimum atomic E-state index is 0.0958. The van der Waals surface area contributed by atoms with Gasteiger partial charge in [0.1, 0.15) is 5.82 Å². The van der Waals surface area contributed by atoms with Gasteiger partial charge in [-0.05, 0) is 17.5 Å².